The highest BCUT2D eigenvalue weighted by atomic mass is 16.2. The van der Waals surface area contributed by atoms with Gasteiger partial charge in [-0.15, -0.1) is 0 Å². The fourth-order valence-corrected chi connectivity index (χ4v) is 2.82. The third-order valence-corrected chi connectivity index (χ3v) is 3.52. The zero-order chi connectivity index (χ0) is 13.5. The monoisotopic (exact) mass is 250 g/mol. The van der Waals surface area contributed by atoms with E-state index in [9.17, 15) is 4.79 Å². The summed E-state index contributed by atoms with van der Waals surface area (Å²) in [5.41, 5.74) is 6.71. The highest BCUT2D eigenvalue weighted by Crippen LogP contribution is 2.41. The topological polar surface area (TPSA) is 64.2 Å². The summed E-state index contributed by atoms with van der Waals surface area (Å²) in [5, 5.41) is 4.21. The van der Waals surface area contributed by atoms with Gasteiger partial charge in [0.15, 0.2) is 0 Å². The standard InChI is InChI=1S/C13H22N4O/c1-13(2,3)17-11(18)5-9(6-14)12(17)10-7-15-16(4)8-10/h7-9,12H,5-6,14H2,1-4H3/t9-,12+/m1/s1. The largest absolute Gasteiger partial charge is 0.330 e. The predicted octanol–water partition coefficient (Wildman–Crippen LogP) is 1.07. The highest BCUT2D eigenvalue weighted by molar-refractivity contribution is 5.80. The lowest BCUT2D eigenvalue weighted by atomic mass is 9.93. The highest BCUT2D eigenvalue weighted by Gasteiger charge is 2.45. The number of nitrogens with two attached hydrogens (primary N) is 1. The maximum atomic E-state index is 12.2. The van der Waals surface area contributed by atoms with Crippen molar-refractivity contribution in [3.8, 4) is 0 Å². The van der Waals surface area contributed by atoms with Crippen LogP contribution >= 0.6 is 0 Å². The predicted molar refractivity (Wildman–Crippen MR) is 69.7 cm³/mol. The minimum atomic E-state index is -0.193. The summed E-state index contributed by atoms with van der Waals surface area (Å²) in [7, 11) is 1.89. The third kappa shape index (κ3) is 2.14. The van der Waals surface area contributed by atoms with Gasteiger partial charge < -0.3 is 10.6 Å². The van der Waals surface area contributed by atoms with Crippen molar-refractivity contribution in [2.45, 2.75) is 38.8 Å². The minimum absolute atomic E-state index is 0.0520. The molecule has 5 heteroatoms. The lowest BCUT2D eigenvalue weighted by molar-refractivity contribution is -0.133. The Labute approximate surface area is 108 Å². The molecular weight excluding hydrogens is 228 g/mol. The Bertz CT molecular complexity index is 446. The number of carbonyl (C=O) groups is 1. The van der Waals surface area contributed by atoms with Crippen LogP contribution in [0, 0.1) is 5.92 Å². The van der Waals surface area contributed by atoms with Crippen molar-refractivity contribution >= 4 is 5.91 Å². The van der Waals surface area contributed by atoms with Crippen LogP contribution < -0.4 is 5.73 Å². The summed E-state index contributed by atoms with van der Waals surface area (Å²) in [6, 6.07) is 0.0520. The Balaban J connectivity index is 2.41. The summed E-state index contributed by atoms with van der Waals surface area (Å²) in [4.78, 5) is 14.2. The van der Waals surface area contributed by atoms with Crippen LogP contribution in [0.4, 0.5) is 0 Å². The summed E-state index contributed by atoms with van der Waals surface area (Å²) >= 11 is 0. The molecule has 0 saturated carbocycles. The molecule has 2 rings (SSSR count). The Morgan fingerprint density at radius 1 is 1.50 bits per heavy atom. The van der Waals surface area contributed by atoms with Crippen molar-refractivity contribution < 1.29 is 4.79 Å². The Morgan fingerprint density at radius 2 is 2.17 bits per heavy atom. The van der Waals surface area contributed by atoms with E-state index in [1.54, 1.807) is 4.68 Å². The summed E-state index contributed by atoms with van der Waals surface area (Å²) in [5.74, 6) is 0.368. The van der Waals surface area contributed by atoms with Gasteiger partial charge in [-0.05, 0) is 27.3 Å². The zero-order valence-electron chi connectivity index (χ0n) is 11.6. The van der Waals surface area contributed by atoms with Crippen molar-refractivity contribution in [3.05, 3.63) is 18.0 Å². The summed E-state index contributed by atoms with van der Waals surface area (Å²) in [6.45, 7) is 6.71. The molecule has 2 N–H and O–H groups in total. The van der Waals surface area contributed by atoms with Gasteiger partial charge in [-0.25, -0.2) is 0 Å². The van der Waals surface area contributed by atoms with Gasteiger partial charge in [0.1, 0.15) is 0 Å². The normalized spacial score (nSPS) is 24.9. The van der Waals surface area contributed by atoms with Crippen molar-refractivity contribution in [1.29, 1.82) is 0 Å². The molecule has 0 radical (unpaired) electrons. The first kappa shape index (κ1) is 13.1. The van der Waals surface area contributed by atoms with E-state index >= 15 is 0 Å². The first-order valence-corrected chi connectivity index (χ1v) is 6.35. The van der Waals surface area contributed by atoms with E-state index in [4.69, 9.17) is 5.73 Å². The molecule has 5 nitrogen and oxygen atoms in total. The molecule has 18 heavy (non-hydrogen) atoms. The molecule has 0 aliphatic carbocycles. The van der Waals surface area contributed by atoms with E-state index < -0.39 is 0 Å². The first-order valence-electron chi connectivity index (χ1n) is 6.35. The second-order valence-corrected chi connectivity index (χ2v) is 6.03. The molecule has 0 aromatic carbocycles. The quantitative estimate of drug-likeness (QED) is 0.854. The molecule has 0 bridgehead atoms. The van der Waals surface area contributed by atoms with Crippen molar-refractivity contribution in [2.24, 2.45) is 18.7 Å². The number of aryl methyl sites for hydroxylation is 1. The van der Waals surface area contributed by atoms with E-state index in [-0.39, 0.29) is 23.4 Å². The number of aromatic nitrogens is 2. The molecule has 2 heterocycles. The lowest BCUT2D eigenvalue weighted by Crippen LogP contribution is -2.44. The van der Waals surface area contributed by atoms with Gasteiger partial charge >= 0.3 is 0 Å². The van der Waals surface area contributed by atoms with E-state index in [0.717, 1.165) is 5.56 Å². The fraction of sp³-hybridized carbons (Fsp3) is 0.692. The van der Waals surface area contributed by atoms with Crippen LogP contribution in [-0.2, 0) is 11.8 Å². The van der Waals surface area contributed by atoms with Crippen LogP contribution in [0.5, 0.6) is 0 Å². The number of likely N-dealkylation sites (tertiary alicyclic amines) is 1. The Hall–Kier alpha value is -1.36. The molecule has 1 aromatic rings. The van der Waals surface area contributed by atoms with Crippen molar-refractivity contribution in [2.75, 3.05) is 6.54 Å². The van der Waals surface area contributed by atoms with E-state index in [1.807, 2.05) is 24.3 Å². The van der Waals surface area contributed by atoms with Crippen molar-refractivity contribution in [3.63, 3.8) is 0 Å². The molecule has 0 spiro atoms. The molecule has 0 unspecified atom stereocenters. The third-order valence-electron chi connectivity index (χ3n) is 3.52. The maximum Gasteiger partial charge on any atom is 0.223 e. The van der Waals surface area contributed by atoms with Crippen LogP contribution in [0.3, 0.4) is 0 Å². The zero-order valence-corrected chi connectivity index (χ0v) is 11.6. The van der Waals surface area contributed by atoms with Crippen LogP contribution in [-0.4, -0.2) is 32.7 Å². The summed E-state index contributed by atoms with van der Waals surface area (Å²) < 4.78 is 1.77. The molecular formula is C13H22N4O. The van der Waals surface area contributed by atoms with Gasteiger partial charge in [0.2, 0.25) is 5.91 Å². The number of hydrogen-bond donors (Lipinski definition) is 1. The van der Waals surface area contributed by atoms with Gasteiger partial charge in [-0.1, -0.05) is 0 Å². The van der Waals surface area contributed by atoms with Gasteiger partial charge in [0.05, 0.1) is 12.2 Å². The van der Waals surface area contributed by atoms with Gasteiger partial charge in [-0.2, -0.15) is 5.10 Å². The first-order chi connectivity index (χ1) is 8.34. The molecule has 1 amide bonds. The average Bonchev–Trinajstić information content (AvgIpc) is 2.80. The molecule has 1 aliphatic heterocycles. The minimum Gasteiger partial charge on any atom is -0.330 e. The summed E-state index contributed by atoms with van der Waals surface area (Å²) in [6.07, 6.45) is 4.35. The van der Waals surface area contributed by atoms with E-state index in [2.05, 4.69) is 25.9 Å². The van der Waals surface area contributed by atoms with Crippen LogP contribution in [0.2, 0.25) is 0 Å². The number of rotatable bonds is 2. The van der Waals surface area contributed by atoms with E-state index in [1.165, 1.54) is 0 Å². The maximum absolute atomic E-state index is 12.2. The number of nitrogens with zero attached hydrogens (tertiary/aromatic N) is 3. The molecule has 100 valence electrons. The lowest BCUT2D eigenvalue weighted by Gasteiger charge is -2.38. The van der Waals surface area contributed by atoms with Gasteiger partial charge in [0, 0.05) is 36.7 Å². The second-order valence-electron chi connectivity index (χ2n) is 6.03. The van der Waals surface area contributed by atoms with Gasteiger partial charge in [-0.3, -0.25) is 9.48 Å². The van der Waals surface area contributed by atoms with Crippen LogP contribution in [0.15, 0.2) is 12.4 Å². The fourth-order valence-electron chi connectivity index (χ4n) is 2.82. The average molecular weight is 250 g/mol. The number of amides is 1. The molecule has 1 aliphatic rings. The molecule has 1 saturated heterocycles. The Morgan fingerprint density at radius 3 is 2.61 bits per heavy atom. The SMILES string of the molecule is Cn1cc([C@@H]2[C@@H](CN)CC(=O)N2C(C)(C)C)cn1. The number of hydrogen-bond acceptors (Lipinski definition) is 3. The second kappa shape index (κ2) is 4.39. The van der Waals surface area contributed by atoms with Gasteiger partial charge in [0.25, 0.3) is 0 Å². The van der Waals surface area contributed by atoms with Crippen LogP contribution in [0.25, 0.3) is 0 Å². The Kier molecular flexibility index (Phi) is 3.19. The number of carbonyl (C=O) groups excluding carboxylic acids is 1. The molecule has 1 fully saturated rings. The molecule has 1 aromatic heterocycles. The van der Waals surface area contributed by atoms with Crippen molar-refractivity contribution in [1.82, 2.24) is 14.7 Å². The van der Waals surface area contributed by atoms with E-state index in [0.29, 0.717) is 13.0 Å². The smallest absolute Gasteiger partial charge is 0.223 e. The van der Waals surface area contributed by atoms with Crippen LogP contribution in [0.1, 0.15) is 38.8 Å². The molecule has 2 atom stereocenters.